The Morgan fingerprint density at radius 1 is 1.14 bits per heavy atom. The minimum Gasteiger partial charge on any atom is -0.491 e. The Hall–Kier alpha value is -0.580. The molecule has 3 nitrogen and oxygen atoms in total. The van der Waals surface area contributed by atoms with Gasteiger partial charge in [0.05, 0.1) is 12.2 Å². The maximum atomic E-state index is 6.05. The van der Waals surface area contributed by atoms with Gasteiger partial charge in [0.15, 0.2) is 0 Å². The monoisotopic (exact) mass is 353 g/mol. The molecule has 2 atom stereocenters. The van der Waals surface area contributed by atoms with Crippen LogP contribution in [0.4, 0.5) is 0 Å². The Bertz CT molecular complexity index is 479. The van der Waals surface area contributed by atoms with Crippen molar-refractivity contribution in [3.63, 3.8) is 0 Å². The third-order valence-electron chi connectivity index (χ3n) is 4.25. The molecule has 0 amide bonds. The van der Waals surface area contributed by atoms with Gasteiger partial charge < -0.3 is 14.8 Å². The first-order chi connectivity index (χ1) is 10.1. The smallest absolute Gasteiger partial charge is 0.120 e. The van der Waals surface area contributed by atoms with Gasteiger partial charge >= 0.3 is 0 Å². The second-order valence-corrected chi connectivity index (χ2v) is 7.12. The van der Waals surface area contributed by atoms with Crippen LogP contribution in [0.25, 0.3) is 0 Å². The standard InChI is InChI=1S/C17H24BrNO2/c1-11-7-16(8-12(2)17(11)18)20-10-15-6-5-14(21-15)9-19-13-3-4-13/h7-8,13-15,19H,3-6,9-10H2,1-2H3. The molecule has 4 heteroatoms. The molecular weight excluding hydrogens is 330 g/mol. The SMILES string of the molecule is Cc1cc(OCC2CCC(CNC3CC3)O2)cc(C)c1Br. The lowest BCUT2D eigenvalue weighted by molar-refractivity contribution is 0.0184. The lowest BCUT2D eigenvalue weighted by Gasteiger charge is -2.16. The first-order valence-electron chi connectivity index (χ1n) is 7.90. The number of halogens is 1. The van der Waals surface area contributed by atoms with Crippen LogP contribution in [0.15, 0.2) is 16.6 Å². The highest BCUT2D eigenvalue weighted by Gasteiger charge is 2.28. The van der Waals surface area contributed by atoms with E-state index in [0.717, 1.165) is 35.7 Å². The highest BCUT2D eigenvalue weighted by Crippen LogP contribution is 2.27. The van der Waals surface area contributed by atoms with Gasteiger partial charge in [-0.3, -0.25) is 0 Å². The van der Waals surface area contributed by atoms with Crippen LogP contribution in [-0.4, -0.2) is 31.4 Å². The fourth-order valence-corrected chi connectivity index (χ4v) is 3.05. The van der Waals surface area contributed by atoms with Gasteiger partial charge in [0, 0.05) is 17.1 Å². The average Bonchev–Trinajstić information content (AvgIpc) is 3.18. The molecule has 1 aromatic carbocycles. The lowest BCUT2D eigenvalue weighted by Crippen LogP contribution is -2.29. The van der Waals surface area contributed by atoms with Crippen LogP contribution in [0.3, 0.4) is 0 Å². The molecule has 1 saturated heterocycles. The molecule has 116 valence electrons. The van der Waals surface area contributed by atoms with E-state index in [1.54, 1.807) is 0 Å². The molecule has 2 aliphatic rings. The van der Waals surface area contributed by atoms with E-state index in [1.165, 1.54) is 24.0 Å². The number of nitrogens with one attached hydrogen (secondary N) is 1. The van der Waals surface area contributed by atoms with E-state index in [0.29, 0.717) is 12.7 Å². The Labute approximate surface area is 135 Å². The molecule has 0 spiro atoms. The van der Waals surface area contributed by atoms with Crippen molar-refractivity contribution in [2.24, 2.45) is 0 Å². The molecule has 1 heterocycles. The maximum absolute atomic E-state index is 6.05. The summed E-state index contributed by atoms with van der Waals surface area (Å²) < 4.78 is 13.1. The van der Waals surface area contributed by atoms with Crippen LogP contribution >= 0.6 is 15.9 Å². The zero-order valence-corrected chi connectivity index (χ0v) is 14.4. The Morgan fingerprint density at radius 3 is 2.48 bits per heavy atom. The van der Waals surface area contributed by atoms with E-state index in [-0.39, 0.29) is 6.10 Å². The number of benzene rings is 1. The van der Waals surface area contributed by atoms with Crippen molar-refractivity contribution in [3.05, 3.63) is 27.7 Å². The zero-order valence-electron chi connectivity index (χ0n) is 12.8. The summed E-state index contributed by atoms with van der Waals surface area (Å²) in [6.45, 7) is 5.84. The van der Waals surface area contributed by atoms with Crippen LogP contribution < -0.4 is 10.1 Å². The Morgan fingerprint density at radius 2 is 1.81 bits per heavy atom. The van der Waals surface area contributed by atoms with E-state index >= 15 is 0 Å². The predicted octanol–water partition coefficient (Wildman–Crippen LogP) is 3.74. The quantitative estimate of drug-likeness (QED) is 0.844. The summed E-state index contributed by atoms with van der Waals surface area (Å²) >= 11 is 3.59. The summed E-state index contributed by atoms with van der Waals surface area (Å²) in [5.74, 6) is 0.941. The minimum atomic E-state index is 0.236. The summed E-state index contributed by atoms with van der Waals surface area (Å²) in [6, 6.07) is 4.92. The van der Waals surface area contributed by atoms with Crippen molar-refractivity contribution in [2.75, 3.05) is 13.2 Å². The lowest BCUT2D eigenvalue weighted by atomic mass is 10.1. The maximum Gasteiger partial charge on any atom is 0.120 e. The normalized spacial score (nSPS) is 25.3. The van der Waals surface area contributed by atoms with Gasteiger partial charge in [0.1, 0.15) is 12.4 Å². The molecular formula is C17H24BrNO2. The summed E-state index contributed by atoms with van der Waals surface area (Å²) in [5.41, 5.74) is 2.42. The molecule has 3 rings (SSSR count). The van der Waals surface area contributed by atoms with E-state index < -0.39 is 0 Å². The van der Waals surface area contributed by atoms with Crippen molar-refractivity contribution in [2.45, 2.75) is 57.8 Å². The molecule has 1 aromatic rings. The van der Waals surface area contributed by atoms with E-state index in [2.05, 4.69) is 47.2 Å². The predicted molar refractivity (Wildman–Crippen MR) is 88.0 cm³/mol. The van der Waals surface area contributed by atoms with Crippen LogP contribution in [0.1, 0.15) is 36.8 Å². The summed E-state index contributed by atoms with van der Waals surface area (Å²) in [5, 5.41) is 3.54. The Kier molecular flexibility index (Phi) is 4.87. The first kappa shape index (κ1) is 15.3. The van der Waals surface area contributed by atoms with Crippen molar-refractivity contribution in [1.29, 1.82) is 0 Å². The molecule has 1 saturated carbocycles. The number of hydrogen-bond acceptors (Lipinski definition) is 3. The summed E-state index contributed by atoms with van der Waals surface area (Å²) in [7, 11) is 0. The number of hydrogen-bond donors (Lipinski definition) is 1. The van der Waals surface area contributed by atoms with Crippen molar-refractivity contribution in [1.82, 2.24) is 5.32 Å². The minimum absolute atomic E-state index is 0.236. The Balaban J connectivity index is 1.45. The third-order valence-corrected chi connectivity index (χ3v) is 5.50. The molecule has 0 bridgehead atoms. The highest BCUT2D eigenvalue weighted by atomic mass is 79.9. The summed E-state index contributed by atoms with van der Waals surface area (Å²) in [4.78, 5) is 0. The van der Waals surface area contributed by atoms with Crippen LogP contribution in [0.5, 0.6) is 5.75 Å². The van der Waals surface area contributed by atoms with E-state index in [1.807, 2.05) is 0 Å². The molecule has 1 N–H and O–H groups in total. The second-order valence-electron chi connectivity index (χ2n) is 6.32. The first-order valence-corrected chi connectivity index (χ1v) is 8.69. The average molecular weight is 354 g/mol. The fraction of sp³-hybridized carbons (Fsp3) is 0.647. The molecule has 0 aromatic heterocycles. The highest BCUT2D eigenvalue weighted by molar-refractivity contribution is 9.10. The fourth-order valence-electron chi connectivity index (χ4n) is 2.82. The second kappa shape index (κ2) is 6.67. The molecule has 1 aliphatic carbocycles. The van der Waals surface area contributed by atoms with Gasteiger partial charge in [-0.05, 0) is 62.8 Å². The van der Waals surface area contributed by atoms with Gasteiger partial charge in [-0.2, -0.15) is 0 Å². The van der Waals surface area contributed by atoms with Crippen LogP contribution in [0, 0.1) is 13.8 Å². The van der Waals surface area contributed by atoms with Gasteiger partial charge in [-0.1, -0.05) is 15.9 Å². The van der Waals surface area contributed by atoms with Gasteiger partial charge in [-0.25, -0.2) is 0 Å². The van der Waals surface area contributed by atoms with Crippen LogP contribution in [-0.2, 0) is 4.74 Å². The van der Waals surface area contributed by atoms with Crippen molar-refractivity contribution >= 4 is 15.9 Å². The molecule has 2 unspecified atom stereocenters. The molecule has 0 radical (unpaired) electrons. The third kappa shape index (κ3) is 4.21. The largest absolute Gasteiger partial charge is 0.491 e. The van der Waals surface area contributed by atoms with Crippen molar-refractivity contribution < 1.29 is 9.47 Å². The number of rotatable bonds is 6. The molecule has 21 heavy (non-hydrogen) atoms. The zero-order chi connectivity index (χ0) is 14.8. The number of aryl methyl sites for hydroxylation is 2. The number of ether oxygens (including phenoxy) is 2. The van der Waals surface area contributed by atoms with Gasteiger partial charge in [-0.15, -0.1) is 0 Å². The molecule has 1 aliphatic heterocycles. The van der Waals surface area contributed by atoms with Gasteiger partial charge in [0.2, 0.25) is 0 Å². The van der Waals surface area contributed by atoms with Gasteiger partial charge in [0.25, 0.3) is 0 Å². The van der Waals surface area contributed by atoms with E-state index in [9.17, 15) is 0 Å². The van der Waals surface area contributed by atoms with Crippen molar-refractivity contribution in [3.8, 4) is 5.75 Å². The topological polar surface area (TPSA) is 30.5 Å². The van der Waals surface area contributed by atoms with Crippen LogP contribution in [0.2, 0.25) is 0 Å². The molecule has 2 fully saturated rings. The van der Waals surface area contributed by atoms with E-state index in [4.69, 9.17) is 9.47 Å². The summed E-state index contributed by atoms with van der Waals surface area (Å²) in [6.07, 6.45) is 5.52.